The molecule has 168 valence electrons. The van der Waals surface area contributed by atoms with Crippen LogP contribution in [-0.2, 0) is 14.9 Å². The van der Waals surface area contributed by atoms with Crippen molar-refractivity contribution in [3.8, 4) is 5.75 Å². The van der Waals surface area contributed by atoms with Gasteiger partial charge in [0.2, 0.25) is 0 Å². The number of aromatic nitrogens is 1. The maximum Gasteiger partial charge on any atom is 0.339 e. The Labute approximate surface area is 199 Å². The number of carbonyl (C=O) groups is 1. The van der Waals surface area contributed by atoms with Gasteiger partial charge in [-0.05, 0) is 48.9 Å². The fourth-order valence-electron chi connectivity index (χ4n) is 2.78. The summed E-state index contributed by atoms with van der Waals surface area (Å²) in [6, 6.07) is 20.6. The molecule has 10 heteroatoms. The predicted octanol–water partition coefficient (Wildman–Crippen LogP) is 4.61. The van der Waals surface area contributed by atoms with Crippen LogP contribution in [0.25, 0.3) is 10.2 Å². The number of rotatable bonds is 8. The minimum atomic E-state index is -3.95. The maximum absolute atomic E-state index is 12.5. The molecular weight excluding hydrogens is 478 g/mol. The SMILES string of the molecule is Cc1ccc(S(=O)(=O)Oc2cccc(C=NNC(=O)CSc3nc4ccccc4s3)c2)cc1. The van der Waals surface area contributed by atoms with E-state index in [2.05, 4.69) is 15.5 Å². The molecule has 0 spiro atoms. The van der Waals surface area contributed by atoms with Crippen LogP contribution in [-0.4, -0.2) is 31.3 Å². The Morgan fingerprint density at radius 1 is 1.12 bits per heavy atom. The van der Waals surface area contributed by atoms with Gasteiger partial charge in [0.1, 0.15) is 10.6 Å². The van der Waals surface area contributed by atoms with Gasteiger partial charge in [0.15, 0.2) is 4.34 Å². The highest BCUT2D eigenvalue weighted by Gasteiger charge is 2.16. The lowest BCUT2D eigenvalue weighted by Crippen LogP contribution is -2.19. The summed E-state index contributed by atoms with van der Waals surface area (Å²) in [7, 11) is -3.95. The molecule has 0 bridgehead atoms. The van der Waals surface area contributed by atoms with Gasteiger partial charge < -0.3 is 4.18 Å². The van der Waals surface area contributed by atoms with Crippen LogP contribution in [0.1, 0.15) is 11.1 Å². The van der Waals surface area contributed by atoms with E-state index in [4.69, 9.17) is 4.18 Å². The van der Waals surface area contributed by atoms with Gasteiger partial charge in [-0.1, -0.05) is 53.7 Å². The standard InChI is InChI=1S/C23H19N3O4S3/c1-16-9-11-19(12-10-16)33(28,29)30-18-6-4-5-17(13-18)14-24-26-22(27)15-31-23-25-20-7-2-3-8-21(20)32-23/h2-14H,15H2,1H3,(H,26,27). The van der Waals surface area contributed by atoms with Crippen LogP contribution in [0.2, 0.25) is 0 Å². The zero-order chi connectivity index (χ0) is 23.3. The van der Waals surface area contributed by atoms with Crippen molar-refractivity contribution in [1.29, 1.82) is 0 Å². The third kappa shape index (κ3) is 6.19. The van der Waals surface area contributed by atoms with Gasteiger partial charge in [0.25, 0.3) is 5.91 Å². The van der Waals surface area contributed by atoms with Gasteiger partial charge in [-0.15, -0.1) is 11.3 Å². The lowest BCUT2D eigenvalue weighted by molar-refractivity contribution is -0.118. The number of hydrazone groups is 1. The molecule has 1 amide bonds. The Bertz CT molecular complexity index is 1380. The van der Waals surface area contributed by atoms with Gasteiger partial charge in [-0.25, -0.2) is 10.4 Å². The van der Waals surface area contributed by atoms with E-state index in [1.165, 1.54) is 53.6 Å². The van der Waals surface area contributed by atoms with Gasteiger partial charge in [-0.2, -0.15) is 13.5 Å². The number of aryl methyl sites for hydroxylation is 1. The highest BCUT2D eigenvalue weighted by Crippen LogP contribution is 2.29. The fraction of sp³-hybridized carbons (Fsp3) is 0.0870. The number of fused-ring (bicyclic) bond motifs is 1. The zero-order valence-corrected chi connectivity index (χ0v) is 19.9. The van der Waals surface area contributed by atoms with Crippen LogP contribution in [0.4, 0.5) is 0 Å². The Hall–Kier alpha value is -3.21. The number of hydrogen-bond acceptors (Lipinski definition) is 8. The normalized spacial score (nSPS) is 11.7. The summed E-state index contributed by atoms with van der Waals surface area (Å²) in [6.45, 7) is 1.87. The van der Waals surface area contributed by atoms with Crippen molar-refractivity contribution in [2.45, 2.75) is 16.2 Å². The quantitative estimate of drug-likeness (QED) is 0.165. The average Bonchev–Trinajstić information content (AvgIpc) is 3.21. The minimum Gasteiger partial charge on any atom is -0.379 e. The average molecular weight is 498 g/mol. The second-order valence-electron chi connectivity index (χ2n) is 6.95. The first-order valence-corrected chi connectivity index (χ1v) is 13.0. The maximum atomic E-state index is 12.5. The largest absolute Gasteiger partial charge is 0.379 e. The van der Waals surface area contributed by atoms with Crippen molar-refractivity contribution in [2.75, 3.05) is 5.75 Å². The van der Waals surface area contributed by atoms with E-state index < -0.39 is 10.1 Å². The molecule has 0 saturated carbocycles. The Kier molecular flexibility index (Phi) is 7.07. The molecule has 0 radical (unpaired) electrons. The van der Waals surface area contributed by atoms with Crippen LogP contribution in [0.5, 0.6) is 5.75 Å². The van der Waals surface area contributed by atoms with Gasteiger partial charge in [-0.3, -0.25) is 4.79 Å². The minimum absolute atomic E-state index is 0.0741. The van der Waals surface area contributed by atoms with Crippen molar-refractivity contribution < 1.29 is 17.4 Å². The van der Waals surface area contributed by atoms with Crippen LogP contribution in [0.3, 0.4) is 0 Å². The van der Waals surface area contributed by atoms with Gasteiger partial charge in [0, 0.05) is 0 Å². The number of carbonyl (C=O) groups excluding carboxylic acids is 1. The third-order valence-electron chi connectivity index (χ3n) is 4.38. The number of para-hydroxylation sites is 1. The van der Waals surface area contributed by atoms with E-state index in [1.54, 1.807) is 24.3 Å². The van der Waals surface area contributed by atoms with Crippen LogP contribution in [0.15, 0.2) is 87.1 Å². The number of thiazole rings is 1. The van der Waals surface area contributed by atoms with E-state index in [0.717, 1.165) is 20.1 Å². The molecule has 0 aliphatic rings. The lowest BCUT2D eigenvalue weighted by atomic mass is 10.2. The molecule has 0 saturated heterocycles. The van der Waals surface area contributed by atoms with E-state index in [-0.39, 0.29) is 22.3 Å². The zero-order valence-electron chi connectivity index (χ0n) is 17.5. The summed E-state index contributed by atoms with van der Waals surface area (Å²) in [6.07, 6.45) is 1.42. The lowest BCUT2D eigenvalue weighted by Gasteiger charge is -2.07. The number of benzene rings is 3. The van der Waals surface area contributed by atoms with Crippen LogP contribution < -0.4 is 9.61 Å². The van der Waals surface area contributed by atoms with Crippen molar-refractivity contribution in [1.82, 2.24) is 10.4 Å². The molecule has 33 heavy (non-hydrogen) atoms. The molecule has 0 atom stereocenters. The topological polar surface area (TPSA) is 97.7 Å². The molecule has 4 aromatic rings. The molecule has 0 unspecified atom stereocenters. The number of nitrogens with one attached hydrogen (secondary N) is 1. The summed E-state index contributed by atoms with van der Waals surface area (Å²) in [4.78, 5) is 16.6. The fourth-order valence-corrected chi connectivity index (χ4v) is 5.56. The van der Waals surface area contributed by atoms with Crippen molar-refractivity contribution in [3.05, 3.63) is 83.9 Å². The van der Waals surface area contributed by atoms with Gasteiger partial charge >= 0.3 is 10.1 Å². The first kappa shape index (κ1) is 23.0. The number of thioether (sulfide) groups is 1. The number of nitrogens with zero attached hydrogens (tertiary/aromatic N) is 2. The first-order chi connectivity index (χ1) is 15.9. The molecule has 4 rings (SSSR count). The van der Waals surface area contributed by atoms with Crippen molar-refractivity contribution in [2.24, 2.45) is 5.10 Å². The number of hydrogen-bond donors (Lipinski definition) is 1. The summed E-state index contributed by atoms with van der Waals surface area (Å²) < 4.78 is 32.0. The first-order valence-electron chi connectivity index (χ1n) is 9.80. The monoisotopic (exact) mass is 497 g/mol. The summed E-state index contributed by atoms with van der Waals surface area (Å²) in [5.74, 6) is 0.0526. The number of amides is 1. The van der Waals surface area contributed by atoms with E-state index in [9.17, 15) is 13.2 Å². The van der Waals surface area contributed by atoms with Gasteiger partial charge in [0.05, 0.1) is 22.2 Å². The van der Waals surface area contributed by atoms with Crippen LogP contribution in [0, 0.1) is 6.92 Å². The van der Waals surface area contributed by atoms with E-state index >= 15 is 0 Å². The molecule has 1 aromatic heterocycles. The molecule has 7 nitrogen and oxygen atoms in total. The summed E-state index contributed by atoms with van der Waals surface area (Å²) in [5, 5.41) is 3.94. The van der Waals surface area contributed by atoms with Crippen LogP contribution >= 0.6 is 23.1 Å². The highest BCUT2D eigenvalue weighted by atomic mass is 32.2. The Morgan fingerprint density at radius 3 is 2.70 bits per heavy atom. The molecule has 3 aromatic carbocycles. The second-order valence-corrected chi connectivity index (χ2v) is 10.8. The molecular formula is C23H19N3O4S3. The smallest absolute Gasteiger partial charge is 0.339 e. The molecule has 0 aliphatic heterocycles. The molecule has 1 heterocycles. The predicted molar refractivity (Wildman–Crippen MR) is 132 cm³/mol. The third-order valence-corrected chi connectivity index (χ3v) is 7.82. The summed E-state index contributed by atoms with van der Waals surface area (Å²) >= 11 is 2.88. The van der Waals surface area contributed by atoms with E-state index in [0.29, 0.717) is 5.56 Å². The van der Waals surface area contributed by atoms with Crippen molar-refractivity contribution in [3.63, 3.8) is 0 Å². The highest BCUT2D eigenvalue weighted by molar-refractivity contribution is 8.01. The van der Waals surface area contributed by atoms with Crippen molar-refractivity contribution >= 4 is 55.6 Å². The Morgan fingerprint density at radius 2 is 1.91 bits per heavy atom. The molecule has 1 N–H and O–H groups in total. The Balaban J connectivity index is 1.32. The summed E-state index contributed by atoms with van der Waals surface area (Å²) in [5.41, 5.74) is 4.90. The second kappa shape index (κ2) is 10.2. The molecule has 0 aliphatic carbocycles. The molecule has 0 fully saturated rings. The van der Waals surface area contributed by atoms with E-state index in [1.807, 2.05) is 31.2 Å².